The zero-order valence-electron chi connectivity index (χ0n) is 12.7. The Labute approximate surface area is 124 Å². The number of hydrogen-bond donors (Lipinski definition) is 1. The zero-order valence-corrected chi connectivity index (χ0v) is 12.7. The molecule has 0 amide bonds. The van der Waals surface area contributed by atoms with Gasteiger partial charge in [-0.05, 0) is 36.1 Å². The highest BCUT2D eigenvalue weighted by atomic mass is 16.5. The number of methoxy groups -OCH3 is 2. The molecule has 5 heteroatoms. The molecule has 0 aliphatic heterocycles. The molecule has 2 aromatic rings. The molecule has 0 atom stereocenters. The fourth-order valence-electron chi connectivity index (χ4n) is 2.44. The molecule has 1 aromatic carbocycles. The van der Waals surface area contributed by atoms with Gasteiger partial charge in [-0.2, -0.15) is 5.10 Å². The Morgan fingerprint density at radius 1 is 1.24 bits per heavy atom. The Morgan fingerprint density at radius 2 is 1.95 bits per heavy atom. The summed E-state index contributed by atoms with van der Waals surface area (Å²) in [5.74, 6) is 1.50. The van der Waals surface area contributed by atoms with E-state index in [0.29, 0.717) is 6.04 Å². The second-order valence-electron chi connectivity index (χ2n) is 5.42. The first-order valence-electron chi connectivity index (χ1n) is 7.18. The van der Waals surface area contributed by atoms with E-state index in [-0.39, 0.29) is 0 Å². The lowest BCUT2D eigenvalue weighted by Crippen LogP contribution is -2.16. The molecule has 112 valence electrons. The molecular weight excluding hydrogens is 266 g/mol. The average Bonchev–Trinajstić information content (AvgIpc) is 3.24. The topological polar surface area (TPSA) is 48.3 Å². The third-order valence-electron chi connectivity index (χ3n) is 3.78. The van der Waals surface area contributed by atoms with E-state index in [1.54, 1.807) is 14.2 Å². The van der Waals surface area contributed by atoms with Gasteiger partial charge in [0.1, 0.15) is 0 Å². The van der Waals surface area contributed by atoms with Gasteiger partial charge >= 0.3 is 0 Å². The van der Waals surface area contributed by atoms with Crippen LogP contribution >= 0.6 is 0 Å². The molecule has 1 heterocycles. The van der Waals surface area contributed by atoms with Gasteiger partial charge < -0.3 is 14.8 Å². The summed E-state index contributed by atoms with van der Waals surface area (Å²) in [6, 6.07) is 4.75. The van der Waals surface area contributed by atoms with Crippen LogP contribution in [0.1, 0.15) is 18.4 Å². The van der Waals surface area contributed by atoms with E-state index >= 15 is 0 Å². The average molecular weight is 287 g/mol. The highest BCUT2D eigenvalue weighted by Crippen LogP contribution is 2.36. The minimum Gasteiger partial charge on any atom is -0.493 e. The van der Waals surface area contributed by atoms with Crippen molar-refractivity contribution in [2.45, 2.75) is 25.4 Å². The van der Waals surface area contributed by atoms with Crippen LogP contribution in [0.4, 0.5) is 0 Å². The Morgan fingerprint density at radius 3 is 2.52 bits per heavy atom. The number of aryl methyl sites for hydroxylation is 1. The number of nitrogens with zero attached hydrogens (tertiary/aromatic N) is 2. The molecule has 5 nitrogen and oxygen atoms in total. The highest BCUT2D eigenvalue weighted by molar-refractivity contribution is 5.70. The van der Waals surface area contributed by atoms with Gasteiger partial charge in [-0.15, -0.1) is 0 Å². The Bertz CT molecular complexity index is 632. The number of hydrogen-bond acceptors (Lipinski definition) is 4. The molecule has 21 heavy (non-hydrogen) atoms. The van der Waals surface area contributed by atoms with Gasteiger partial charge in [0.15, 0.2) is 11.5 Å². The maximum absolute atomic E-state index is 5.43. The van der Waals surface area contributed by atoms with Gasteiger partial charge in [-0.3, -0.25) is 4.68 Å². The lowest BCUT2D eigenvalue weighted by Gasteiger charge is -2.14. The van der Waals surface area contributed by atoms with Crippen molar-refractivity contribution in [2.75, 3.05) is 14.2 Å². The molecule has 0 unspecified atom stereocenters. The van der Waals surface area contributed by atoms with E-state index in [9.17, 15) is 0 Å². The summed E-state index contributed by atoms with van der Waals surface area (Å²) < 4.78 is 12.7. The molecule has 1 fully saturated rings. The molecule has 0 bridgehead atoms. The molecule has 0 saturated heterocycles. The SMILES string of the molecule is COc1cc(CNC2CC2)c(-c2cnn(C)c2)cc1OC. The monoisotopic (exact) mass is 287 g/mol. The smallest absolute Gasteiger partial charge is 0.161 e. The van der Waals surface area contributed by atoms with Crippen molar-refractivity contribution in [2.24, 2.45) is 7.05 Å². The maximum atomic E-state index is 5.43. The third-order valence-corrected chi connectivity index (χ3v) is 3.78. The van der Waals surface area contributed by atoms with Crippen LogP contribution in [0.2, 0.25) is 0 Å². The van der Waals surface area contributed by atoms with Gasteiger partial charge in [0.25, 0.3) is 0 Å². The fourth-order valence-corrected chi connectivity index (χ4v) is 2.44. The summed E-state index contributed by atoms with van der Waals surface area (Å²) in [6.07, 6.45) is 6.44. The molecule has 1 aromatic heterocycles. The molecular formula is C16H21N3O2. The first-order valence-corrected chi connectivity index (χ1v) is 7.18. The first kappa shape index (κ1) is 13.9. The van der Waals surface area contributed by atoms with Crippen molar-refractivity contribution in [1.82, 2.24) is 15.1 Å². The largest absolute Gasteiger partial charge is 0.493 e. The number of aromatic nitrogens is 2. The van der Waals surface area contributed by atoms with E-state index < -0.39 is 0 Å². The van der Waals surface area contributed by atoms with E-state index in [2.05, 4.69) is 16.5 Å². The van der Waals surface area contributed by atoms with Crippen LogP contribution in [0.25, 0.3) is 11.1 Å². The third kappa shape index (κ3) is 3.03. The standard InChI is InChI=1S/C16H21N3O2/c1-19-10-12(9-18-19)14-7-16(21-3)15(20-2)6-11(14)8-17-13-4-5-13/h6-7,9-10,13,17H,4-5,8H2,1-3H3. The van der Waals surface area contributed by atoms with Crippen LogP contribution < -0.4 is 14.8 Å². The predicted octanol–water partition coefficient (Wildman–Crippen LogP) is 2.36. The zero-order chi connectivity index (χ0) is 14.8. The Hall–Kier alpha value is -2.01. The quantitative estimate of drug-likeness (QED) is 0.886. The normalized spacial score (nSPS) is 14.2. The van der Waals surface area contributed by atoms with E-state index in [1.807, 2.05) is 30.2 Å². The van der Waals surface area contributed by atoms with Gasteiger partial charge in [0.2, 0.25) is 0 Å². The number of rotatable bonds is 6. The fraction of sp³-hybridized carbons (Fsp3) is 0.438. The highest BCUT2D eigenvalue weighted by Gasteiger charge is 2.21. The minimum atomic E-state index is 0.667. The molecule has 1 aliphatic carbocycles. The molecule has 1 aliphatic rings. The maximum Gasteiger partial charge on any atom is 0.161 e. The molecule has 3 rings (SSSR count). The van der Waals surface area contributed by atoms with Crippen molar-refractivity contribution in [3.05, 3.63) is 30.1 Å². The summed E-state index contributed by atoms with van der Waals surface area (Å²) in [5.41, 5.74) is 3.42. The number of ether oxygens (including phenoxy) is 2. The molecule has 1 saturated carbocycles. The summed E-state index contributed by atoms with van der Waals surface area (Å²) in [5, 5.41) is 7.82. The molecule has 1 N–H and O–H groups in total. The van der Waals surface area contributed by atoms with Gasteiger partial charge in [0, 0.05) is 31.4 Å². The van der Waals surface area contributed by atoms with Crippen molar-refractivity contribution in [1.29, 1.82) is 0 Å². The predicted molar refractivity (Wildman–Crippen MR) is 81.6 cm³/mol. The van der Waals surface area contributed by atoms with Crippen molar-refractivity contribution in [3.63, 3.8) is 0 Å². The van der Waals surface area contributed by atoms with Crippen molar-refractivity contribution in [3.8, 4) is 22.6 Å². The van der Waals surface area contributed by atoms with E-state index in [4.69, 9.17) is 9.47 Å². The van der Waals surface area contributed by atoms with Crippen LogP contribution in [0.3, 0.4) is 0 Å². The van der Waals surface area contributed by atoms with Crippen LogP contribution in [0.5, 0.6) is 11.5 Å². The van der Waals surface area contributed by atoms with E-state index in [1.165, 1.54) is 18.4 Å². The molecule has 0 spiro atoms. The lowest BCUT2D eigenvalue weighted by molar-refractivity contribution is 0.354. The second-order valence-corrected chi connectivity index (χ2v) is 5.42. The lowest BCUT2D eigenvalue weighted by atomic mass is 10.0. The first-order chi connectivity index (χ1) is 10.2. The summed E-state index contributed by atoms with van der Waals surface area (Å²) in [6.45, 7) is 0.829. The van der Waals surface area contributed by atoms with E-state index in [0.717, 1.165) is 29.2 Å². The van der Waals surface area contributed by atoms with Gasteiger partial charge in [-0.25, -0.2) is 0 Å². The van der Waals surface area contributed by atoms with Gasteiger partial charge in [0.05, 0.1) is 20.4 Å². The minimum absolute atomic E-state index is 0.667. The summed E-state index contributed by atoms with van der Waals surface area (Å²) >= 11 is 0. The Balaban J connectivity index is 2.00. The summed E-state index contributed by atoms with van der Waals surface area (Å²) in [4.78, 5) is 0. The van der Waals surface area contributed by atoms with Crippen molar-refractivity contribution < 1.29 is 9.47 Å². The van der Waals surface area contributed by atoms with Crippen molar-refractivity contribution >= 4 is 0 Å². The second kappa shape index (κ2) is 5.77. The number of nitrogens with one attached hydrogen (secondary N) is 1. The van der Waals surface area contributed by atoms with Crippen LogP contribution in [0, 0.1) is 0 Å². The molecule has 0 radical (unpaired) electrons. The Kier molecular flexibility index (Phi) is 3.84. The van der Waals surface area contributed by atoms with Gasteiger partial charge in [-0.1, -0.05) is 0 Å². The number of benzene rings is 1. The van der Waals surface area contributed by atoms with Crippen LogP contribution in [-0.4, -0.2) is 30.0 Å². The van der Waals surface area contributed by atoms with Crippen LogP contribution in [-0.2, 0) is 13.6 Å². The summed E-state index contributed by atoms with van der Waals surface area (Å²) in [7, 11) is 5.25. The van der Waals surface area contributed by atoms with Crippen LogP contribution in [0.15, 0.2) is 24.5 Å².